The van der Waals surface area contributed by atoms with Gasteiger partial charge in [0.1, 0.15) is 5.82 Å². The lowest BCUT2D eigenvalue weighted by molar-refractivity contribution is 0.137. The number of rotatable bonds is 7. The molecule has 10 heteroatoms. The Morgan fingerprint density at radius 3 is 2.44 bits per heavy atom. The van der Waals surface area contributed by atoms with Crippen LogP contribution >= 0.6 is 0 Å². The largest absolute Gasteiger partial charge is 0.380 e. The number of imidazole rings is 1. The van der Waals surface area contributed by atoms with Crippen LogP contribution in [0.15, 0.2) is 39.9 Å². The van der Waals surface area contributed by atoms with E-state index in [9.17, 15) is 14.0 Å². The fourth-order valence-corrected chi connectivity index (χ4v) is 3.77. The van der Waals surface area contributed by atoms with E-state index in [1.807, 2.05) is 26.8 Å². The first-order chi connectivity index (χ1) is 15.3. The summed E-state index contributed by atoms with van der Waals surface area (Å²) in [4.78, 5) is 31.0. The zero-order valence-electron chi connectivity index (χ0n) is 18.5. The van der Waals surface area contributed by atoms with Crippen molar-refractivity contribution in [1.82, 2.24) is 28.5 Å². The molecule has 0 atom stereocenters. The second kappa shape index (κ2) is 8.54. The second-order valence-corrected chi connectivity index (χ2v) is 7.63. The molecule has 1 aromatic carbocycles. The van der Waals surface area contributed by atoms with Crippen LogP contribution in [0.25, 0.3) is 17.1 Å². The van der Waals surface area contributed by atoms with Gasteiger partial charge >= 0.3 is 5.69 Å². The van der Waals surface area contributed by atoms with E-state index in [2.05, 4.69) is 10.1 Å². The molecular formula is C22H25FN6O3. The molecule has 0 saturated carbocycles. The van der Waals surface area contributed by atoms with Crippen molar-refractivity contribution in [2.24, 2.45) is 7.05 Å². The number of aryl methyl sites for hydroxylation is 3. The Labute approximate surface area is 183 Å². The monoisotopic (exact) mass is 440 g/mol. The van der Waals surface area contributed by atoms with E-state index in [0.29, 0.717) is 12.6 Å². The molecule has 0 unspecified atom stereocenters. The number of halogens is 1. The van der Waals surface area contributed by atoms with Crippen LogP contribution < -0.4 is 11.2 Å². The molecule has 9 nitrogen and oxygen atoms in total. The molecule has 0 fully saturated rings. The van der Waals surface area contributed by atoms with E-state index in [1.165, 1.54) is 16.7 Å². The number of ether oxygens (including phenoxy) is 1. The summed E-state index contributed by atoms with van der Waals surface area (Å²) in [5.41, 5.74) is 2.03. The van der Waals surface area contributed by atoms with Crippen LogP contribution in [0.1, 0.15) is 23.9 Å². The van der Waals surface area contributed by atoms with Gasteiger partial charge in [0, 0.05) is 19.3 Å². The highest BCUT2D eigenvalue weighted by Gasteiger charge is 2.22. The van der Waals surface area contributed by atoms with Crippen molar-refractivity contribution >= 4 is 11.2 Å². The van der Waals surface area contributed by atoms with Crippen LogP contribution in [0, 0.1) is 19.7 Å². The van der Waals surface area contributed by atoms with E-state index in [1.54, 1.807) is 28.4 Å². The van der Waals surface area contributed by atoms with Gasteiger partial charge in [0.2, 0.25) is 5.95 Å². The Morgan fingerprint density at radius 1 is 1.09 bits per heavy atom. The zero-order chi connectivity index (χ0) is 23.0. The van der Waals surface area contributed by atoms with Gasteiger partial charge in [-0.15, -0.1) is 0 Å². The average Bonchev–Trinajstić information content (AvgIpc) is 3.30. The average molecular weight is 440 g/mol. The summed E-state index contributed by atoms with van der Waals surface area (Å²) >= 11 is 0. The molecule has 168 valence electrons. The van der Waals surface area contributed by atoms with E-state index in [-0.39, 0.29) is 36.7 Å². The number of benzene rings is 1. The number of fused-ring (bicyclic) bond motifs is 1. The van der Waals surface area contributed by atoms with Gasteiger partial charge in [0.05, 0.1) is 25.4 Å². The van der Waals surface area contributed by atoms with Gasteiger partial charge in [-0.05, 0) is 44.5 Å². The quantitative estimate of drug-likeness (QED) is 0.410. The lowest BCUT2D eigenvalue weighted by Gasteiger charge is -2.12. The minimum atomic E-state index is -0.464. The lowest BCUT2D eigenvalue weighted by atomic mass is 10.2. The maximum absolute atomic E-state index is 13.4. The minimum Gasteiger partial charge on any atom is -0.380 e. The fourth-order valence-electron chi connectivity index (χ4n) is 3.77. The molecule has 0 aliphatic rings. The highest BCUT2D eigenvalue weighted by Crippen LogP contribution is 2.19. The lowest BCUT2D eigenvalue weighted by Crippen LogP contribution is -2.40. The number of hydrogen-bond donors (Lipinski definition) is 0. The van der Waals surface area contributed by atoms with Crippen LogP contribution in [-0.2, 0) is 24.9 Å². The smallest absolute Gasteiger partial charge is 0.332 e. The minimum absolute atomic E-state index is 0.131. The Kier molecular flexibility index (Phi) is 5.79. The number of aromatic nitrogens is 6. The summed E-state index contributed by atoms with van der Waals surface area (Å²) < 4.78 is 24.7. The first kappa shape index (κ1) is 21.7. The van der Waals surface area contributed by atoms with Gasteiger partial charge in [0.25, 0.3) is 5.56 Å². The van der Waals surface area contributed by atoms with Crippen molar-refractivity contribution in [3.8, 4) is 5.95 Å². The Bertz CT molecular complexity index is 1390. The predicted molar refractivity (Wildman–Crippen MR) is 118 cm³/mol. The van der Waals surface area contributed by atoms with E-state index in [0.717, 1.165) is 21.5 Å². The van der Waals surface area contributed by atoms with Gasteiger partial charge in [-0.1, -0.05) is 12.1 Å². The van der Waals surface area contributed by atoms with Crippen molar-refractivity contribution in [3.63, 3.8) is 0 Å². The third kappa shape index (κ3) is 3.77. The first-order valence-electron chi connectivity index (χ1n) is 10.4. The molecule has 0 saturated heterocycles. The van der Waals surface area contributed by atoms with Crippen LogP contribution in [0.5, 0.6) is 0 Å². The first-order valence-corrected chi connectivity index (χ1v) is 10.4. The second-order valence-electron chi connectivity index (χ2n) is 7.63. The van der Waals surface area contributed by atoms with Crippen LogP contribution in [-0.4, -0.2) is 41.7 Å². The van der Waals surface area contributed by atoms with Gasteiger partial charge < -0.3 is 4.74 Å². The molecule has 0 aliphatic heterocycles. The third-order valence-corrected chi connectivity index (χ3v) is 5.33. The molecule has 0 N–H and O–H groups in total. The molecule has 0 radical (unpaired) electrons. The fraction of sp³-hybridized carbons (Fsp3) is 0.364. The molecule has 4 aromatic rings. The molecule has 4 rings (SSSR count). The van der Waals surface area contributed by atoms with Gasteiger partial charge in [-0.3, -0.25) is 18.5 Å². The summed E-state index contributed by atoms with van der Waals surface area (Å²) in [6.07, 6.45) is 0. The summed E-state index contributed by atoms with van der Waals surface area (Å²) in [5, 5.41) is 4.51. The summed E-state index contributed by atoms with van der Waals surface area (Å²) in [6.45, 7) is 6.72. The normalized spacial score (nSPS) is 11.5. The summed E-state index contributed by atoms with van der Waals surface area (Å²) in [5.74, 6) is 0.0632. The molecule has 0 spiro atoms. The summed E-state index contributed by atoms with van der Waals surface area (Å²) in [6, 6.07) is 7.95. The summed E-state index contributed by atoms with van der Waals surface area (Å²) in [7, 11) is 1.58. The number of hydrogen-bond acceptors (Lipinski definition) is 5. The highest BCUT2D eigenvalue weighted by atomic mass is 19.1. The third-order valence-electron chi connectivity index (χ3n) is 5.33. The molecule has 0 amide bonds. The molecule has 0 bridgehead atoms. The Hall–Kier alpha value is -3.53. The van der Waals surface area contributed by atoms with E-state index >= 15 is 0 Å². The van der Waals surface area contributed by atoms with Gasteiger partial charge in [-0.25, -0.2) is 13.9 Å². The van der Waals surface area contributed by atoms with Crippen LogP contribution in [0.2, 0.25) is 0 Å². The van der Waals surface area contributed by atoms with Crippen LogP contribution in [0.3, 0.4) is 0 Å². The predicted octanol–water partition coefficient (Wildman–Crippen LogP) is 1.92. The zero-order valence-corrected chi connectivity index (χ0v) is 18.5. The highest BCUT2D eigenvalue weighted by molar-refractivity contribution is 5.73. The standard InChI is InChI=1S/C22H25FN6O3/c1-5-32-11-10-27-20(30)18-19(26(4)22(27)31)24-21(29-15(3)12-14(2)25-29)28(18)13-16-6-8-17(23)9-7-16/h6-9,12H,5,10-11,13H2,1-4H3. The number of nitrogens with zero attached hydrogens (tertiary/aromatic N) is 6. The maximum Gasteiger partial charge on any atom is 0.332 e. The maximum atomic E-state index is 13.4. The molecular weight excluding hydrogens is 415 g/mol. The van der Waals surface area contributed by atoms with Crippen molar-refractivity contribution in [2.45, 2.75) is 33.9 Å². The van der Waals surface area contributed by atoms with E-state index < -0.39 is 11.2 Å². The topological polar surface area (TPSA) is 88.9 Å². The van der Waals surface area contributed by atoms with Crippen molar-refractivity contribution < 1.29 is 9.13 Å². The van der Waals surface area contributed by atoms with Crippen molar-refractivity contribution in [2.75, 3.05) is 13.2 Å². The SMILES string of the molecule is CCOCCn1c(=O)c2c(nc(-n3nc(C)cc3C)n2Cc2ccc(F)cc2)n(C)c1=O. The Balaban J connectivity index is 2.00. The van der Waals surface area contributed by atoms with Crippen LogP contribution in [0.4, 0.5) is 4.39 Å². The molecule has 32 heavy (non-hydrogen) atoms. The van der Waals surface area contributed by atoms with Crippen molar-refractivity contribution in [1.29, 1.82) is 0 Å². The molecule has 3 aromatic heterocycles. The van der Waals surface area contributed by atoms with Crippen molar-refractivity contribution in [3.05, 3.63) is 73.9 Å². The van der Waals surface area contributed by atoms with Gasteiger partial charge in [-0.2, -0.15) is 10.1 Å². The van der Waals surface area contributed by atoms with Gasteiger partial charge in [0.15, 0.2) is 11.2 Å². The van der Waals surface area contributed by atoms with E-state index in [4.69, 9.17) is 4.74 Å². The molecule has 0 aliphatic carbocycles. The Morgan fingerprint density at radius 2 is 1.81 bits per heavy atom. The molecule has 3 heterocycles.